The minimum Gasteiger partial charge on any atom is -0.325 e. The van der Waals surface area contributed by atoms with E-state index in [0.717, 1.165) is 35.1 Å². The van der Waals surface area contributed by atoms with Crippen molar-refractivity contribution >= 4 is 28.2 Å². The zero-order valence-electron chi connectivity index (χ0n) is 16.0. The number of amides is 1. The fourth-order valence-electron chi connectivity index (χ4n) is 3.73. The van der Waals surface area contributed by atoms with E-state index < -0.39 is 0 Å². The van der Waals surface area contributed by atoms with Crippen molar-refractivity contribution in [2.45, 2.75) is 20.3 Å². The number of anilines is 1. The van der Waals surface area contributed by atoms with E-state index in [0.29, 0.717) is 29.9 Å². The van der Waals surface area contributed by atoms with Gasteiger partial charge in [0.2, 0.25) is 11.7 Å². The summed E-state index contributed by atoms with van der Waals surface area (Å²) in [5.74, 6) is -0.285. The molecule has 0 spiro atoms. The van der Waals surface area contributed by atoms with E-state index in [2.05, 4.69) is 34.0 Å². The maximum Gasteiger partial charge on any atom is 0.225 e. The molecular formula is C22H22N4O2. The lowest BCUT2D eigenvalue weighted by atomic mass is 9.87. The molecule has 0 fully saturated rings. The molecule has 4 rings (SSSR count). The number of rotatable bonds is 6. The summed E-state index contributed by atoms with van der Waals surface area (Å²) < 4.78 is 0. The molecule has 1 N–H and O–H groups in total. The Hall–Kier alpha value is -3.12. The minimum absolute atomic E-state index is 0.105. The van der Waals surface area contributed by atoms with Gasteiger partial charge in [-0.05, 0) is 36.7 Å². The number of benzene rings is 1. The number of aromatic nitrogens is 2. The van der Waals surface area contributed by atoms with Crippen LogP contribution in [0.5, 0.6) is 0 Å². The highest BCUT2D eigenvalue weighted by molar-refractivity contribution is 6.26. The fraction of sp³-hybridized carbons (Fsp3) is 0.273. The number of fused-ring (bicyclic) bond motifs is 2. The molecule has 0 saturated heterocycles. The second-order valence-electron chi connectivity index (χ2n) is 6.80. The van der Waals surface area contributed by atoms with Gasteiger partial charge in [-0.1, -0.05) is 26.0 Å². The summed E-state index contributed by atoms with van der Waals surface area (Å²) in [5, 5.41) is 4.63. The summed E-state index contributed by atoms with van der Waals surface area (Å²) in [6.45, 7) is 6.65. The monoisotopic (exact) mass is 374 g/mol. The Morgan fingerprint density at radius 2 is 1.75 bits per heavy atom. The predicted molar refractivity (Wildman–Crippen MR) is 109 cm³/mol. The molecular weight excluding hydrogens is 352 g/mol. The first kappa shape index (κ1) is 18.3. The van der Waals surface area contributed by atoms with Gasteiger partial charge in [-0.25, -0.2) is 0 Å². The van der Waals surface area contributed by atoms with E-state index >= 15 is 0 Å². The highest BCUT2D eigenvalue weighted by atomic mass is 16.1. The topological polar surface area (TPSA) is 75.2 Å². The van der Waals surface area contributed by atoms with Gasteiger partial charge in [-0.15, -0.1) is 0 Å². The van der Waals surface area contributed by atoms with E-state index in [1.807, 2.05) is 24.3 Å². The van der Waals surface area contributed by atoms with Gasteiger partial charge in [0.1, 0.15) is 5.69 Å². The van der Waals surface area contributed by atoms with E-state index in [-0.39, 0.29) is 11.7 Å². The van der Waals surface area contributed by atoms with Crippen molar-refractivity contribution in [3.05, 3.63) is 54.0 Å². The average Bonchev–Trinajstić information content (AvgIpc) is 2.72. The molecule has 0 atom stereocenters. The molecule has 2 heterocycles. The maximum absolute atomic E-state index is 13.2. The molecule has 0 radical (unpaired) electrons. The van der Waals surface area contributed by atoms with Crippen molar-refractivity contribution in [1.82, 2.24) is 14.9 Å². The highest BCUT2D eigenvalue weighted by Crippen LogP contribution is 2.39. The van der Waals surface area contributed by atoms with Gasteiger partial charge in [-0.3, -0.25) is 19.6 Å². The predicted octanol–water partition coefficient (Wildman–Crippen LogP) is 3.51. The summed E-state index contributed by atoms with van der Waals surface area (Å²) in [6, 6.07) is 9.23. The first-order valence-corrected chi connectivity index (χ1v) is 9.58. The van der Waals surface area contributed by atoms with Crippen molar-refractivity contribution in [1.29, 1.82) is 0 Å². The molecule has 28 heavy (non-hydrogen) atoms. The quantitative estimate of drug-likeness (QED) is 0.559. The van der Waals surface area contributed by atoms with E-state index in [4.69, 9.17) is 0 Å². The average molecular weight is 374 g/mol. The zero-order valence-corrected chi connectivity index (χ0v) is 16.0. The SMILES string of the molecule is CCN(CC)CCC(=O)Nc1cccc2c1C(=O)c1nccc3ccnc-2c13. The van der Waals surface area contributed by atoms with Crippen LogP contribution in [-0.2, 0) is 4.79 Å². The Kier molecular flexibility index (Phi) is 4.88. The van der Waals surface area contributed by atoms with Crippen LogP contribution < -0.4 is 5.32 Å². The van der Waals surface area contributed by atoms with Crippen LogP contribution in [0.4, 0.5) is 5.69 Å². The Morgan fingerprint density at radius 3 is 2.46 bits per heavy atom. The van der Waals surface area contributed by atoms with Gasteiger partial charge < -0.3 is 10.2 Å². The number of carbonyl (C=O) groups is 2. The summed E-state index contributed by atoms with van der Waals surface area (Å²) in [6.07, 6.45) is 3.74. The van der Waals surface area contributed by atoms with Crippen molar-refractivity contribution in [3.8, 4) is 11.3 Å². The summed E-state index contributed by atoms with van der Waals surface area (Å²) in [4.78, 5) is 36.7. The van der Waals surface area contributed by atoms with Gasteiger partial charge >= 0.3 is 0 Å². The fourth-order valence-corrected chi connectivity index (χ4v) is 3.73. The Bertz CT molecular complexity index is 1070. The molecule has 0 unspecified atom stereocenters. The van der Waals surface area contributed by atoms with Crippen LogP contribution in [0.3, 0.4) is 0 Å². The van der Waals surface area contributed by atoms with Crippen LogP contribution in [0.2, 0.25) is 0 Å². The van der Waals surface area contributed by atoms with Crippen molar-refractivity contribution in [2.75, 3.05) is 25.0 Å². The Morgan fingerprint density at radius 1 is 1.04 bits per heavy atom. The van der Waals surface area contributed by atoms with E-state index in [1.165, 1.54) is 0 Å². The van der Waals surface area contributed by atoms with Crippen LogP contribution >= 0.6 is 0 Å². The molecule has 3 aromatic rings. The summed E-state index contributed by atoms with van der Waals surface area (Å²) in [5.41, 5.74) is 2.83. The number of hydrogen-bond donors (Lipinski definition) is 1. The van der Waals surface area contributed by atoms with Crippen molar-refractivity contribution in [3.63, 3.8) is 0 Å². The minimum atomic E-state index is -0.180. The maximum atomic E-state index is 13.2. The van der Waals surface area contributed by atoms with Crippen molar-refractivity contribution in [2.24, 2.45) is 0 Å². The third kappa shape index (κ3) is 3.05. The summed E-state index contributed by atoms with van der Waals surface area (Å²) >= 11 is 0. The van der Waals surface area contributed by atoms with Gasteiger partial charge in [0.25, 0.3) is 0 Å². The molecule has 6 nitrogen and oxygen atoms in total. The lowest BCUT2D eigenvalue weighted by molar-refractivity contribution is -0.116. The standard InChI is InChI=1S/C22H22N4O2/c1-3-26(4-2)13-10-17(27)25-16-7-5-6-15-19(16)22(28)21-18-14(9-12-24-21)8-11-23-20(15)18/h5-9,11-12H,3-4,10,13H2,1-2H3,(H,25,27). The Labute approximate surface area is 163 Å². The largest absolute Gasteiger partial charge is 0.325 e. The third-order valence-electron chi connectivity index (χ3n) is 5.26. The first-order chi connectivity index (χ1) is 13.6. The normalized spacial score (nSPS) is 12.3. The number of nitrogens with zero attached hydrogens (tertiary/aromatic N) is 3. The first-order valence-electron chi connectivity index (χ1n) is 9.58. The number of ketones is 1. The molecule has 1 aliphatic carbocycles. The molecule has 142 valence electrons. The summed E-state index contributed by atoms with van der Waals surface area (Å²) in [7, 11) is 0. The molecule has 0 aliphatic heterocycles. The van der Waals surface area contributed by atoms with Gasteiger partial charge in [0.05, 0.1) is 16.9 Å². The van der Waals surface area contributed by atoms with E-state index in [9.17, 15) is 9.59 Å². The molecule has 6 heteroatoms. The van der Waals surface area contributed by atoms with Gasteiger partial charge in [0, 0.05) is 36.3 Å². The number of carbonyl (C=O) groups excluding carboxylic acids is 2. The van der Waals surface area contributed by atoms with Crippen LogP contribution in [0, 0.1) is 0 Å². The van der Waals surface area contributed by atoms with E-state index in [1.54, 1.807) is 18.5 Å². The smallest absolute Gasteiger partial charge is 0.225 e. The lowest BCUT2D eigenvalue weighted by Crippen LogP contribution is -2.28. The van der Waals surface area contributed by atoms with Crippen LogP contribution in [0.1, 0.15) is 36.3 Å². The third-order valence-corrected chi connectivity index (χ3v) is 5.26. The van der Waals surface area contributed by atoms with Crippen molar-refractivity contribution < 1.29 is 9.59 Å². The zero-order chi connectivity index (χ0) is 19.7. The van der Waals surface area contributed by atoms with Crippen LogP contribution in [-0.4, -0.2) is 46.2 Å². The number of nitrogens with one attached hydrogen (secondary N) is 1. The molecule has 1 amide bonds. The highest BCUT2D eigenvalue weighted by Gasteiger charge is 2.29. The second-order valence-corrected chi connectivity index (χ2v) is 6.80. The van der Waals surface area contributed by atoms with Gasteiger partial charge in [-0.2, -0.15) is 0 Å². The molecule has 1 aromatic carbocycles. The molecule has 1 aliphatic rings. The molecule has 2 aromatic heterocycles. The number of hydrogen-bond acceptors (Lipinski definition) is 5. The second kappa shape index (κ2) is 7.48. The Balaban J connectivity index is 1.71. The van der Waals surface area contributed by atoms with Crippen LogP contribution in [0.25, 0.3) is 22.0 Å². The lowest BCUT2D eigenvalue weighted by Gasteiger charge is -2.21. The van der Waals surface area contributed by atoms with Crippen LogP contribution in [0.15, 0.2) is 42.7 Å². The van der Waals surface area contributed by atoms with Gasteiger partial charge in [0.15, 0.2) is 0 Å². The number of pyridine rings is 2. The molecule has 0 bridgehead atoms. The molecule has 0 saturated carbocycles.